The number of rotatable bonds is 3. The van der Waals surface area contributed by atoms with E-state index in [9.17, 15) is 13.6 Å². The van der Waals surface area contributed by atoms with Gasteiger partial charge in [0.2, 0.25) is 0 Å². The SMILES string of the molecule is O=C(O)C(O)c1cccc(F)c1CF. The standard InChI is InChI=1S/C9H8F2O3/c10-4-6-5(8(12)9(13)14)2-1-3-7(6)11/h1-3,8,12H,4H2,(H,13,14). The molecule has 0 aliphatic rings. The zero-order chi connectivity index (χ0) is 10.7. The highest BCUT2D eigenvalue weighted by Crippen LogP contribution is 2.21. The van der Waals surface area contributed by atoms with Gasteiger partial charge in [0.05, 0.1) is 0 Å². The summed E-state index contributed by atoms with van der Waals surface area (Å²) in [6, 6.07) is 3.40. The van der Waals surface area contributed by atoms with Gasteiger partial charge in [-0.25, -0.2) is 13.6 Å². The highest BCUT2D eigenvalue weighted by Gasteiger charge is 2.21. The van der Waals surface area contributed by atoms with Crippen molar-refractivity contribution in [3.63, 3.8) is 0 Å². The van der Waals surface area contributed by atoms with Crippen LogP contribution in [0.25, 0.3) is 0 Å². The van der Waals surface area contributed by atoms with Crippen LogP contribution in [-0.2, 0) is 11.5 Å². The molecule has 0 saturated heterocycles. The number of halogens is 2. The Morgan fingerprint density at radius 2 is 2.14 bits per heavy atom. The lowest BCUT2D eigenvalue weighted by atomic mass is 10.0. The Bertz CT molecular complexity index is 352. The average Bonchev–Trinajstić information content (AvgIpc) is 2.16. The van der Waals surface area contributed by atoms with E-state index in [1.54, 1.807) is 0 Å². The van der Waals surface area contributed by atoms with Crippen molar-refractivity contribution < 1.29 is 23.8 Å². The summed E-state index contributed by atoms with van der Waals surface area (Å²) < 4.78 is 25.3. The van der Waals surface area contributed by atoms with Crippen LogP contribution in [0, 0.1) is 5.82 Å². The van der Waals surface area contributed by atoms with Gasteiger partial charge in [-0.05, 0) is 6.07 Å². The first-order chi connectivity index (χ1) is 6.57. The van der Waals surface area contributed by atoms with Crippen LogP contribution in [0.5, 0.6) is 0 Å². The summed E-state index contributed by atoms with van der Waals surface area (Å²) in [4.78, 5) is 10.4. The molecule has 1 unspecified atom stereocenters. The number of benzene rings is 1. The normalized spacial score (nSPS) is 12.5. The van der Waals surface area contributed by atoms with Crippen LogP contribution in [0.2, 0.25) is 0 Å². The molecule has 1 aromatic rings. The lowest BCUT2D eigenvalue weighted by Gasteiger charge is -2.10. The number of carboxylic acid groups (broad SMARTS) is 1. The quantitative estimate of drug-likeness (QED) is 0.779. The molecule has 1 aromatic carbocycles. The predicted octanol–water partition coefficient (Wildman–Crippen LogP) is 1.41. The molecule has 0 amide bonds. The largest absolute Gasteiger partial charge is 0.479 e. The summed E-state index contributed by atoms with van der Waals surface area (Å²) in [6.07, 6.45) is -1.89. The van der Waals surface area contributed by atoms with Crippen molar-refractivity contribution >= 4 is 5.97 Å². The molecule has 0 aromatic heterocycles. The number of aliphatic carboxylic acids is 1. The molecule has 14 heavy (non-hydrogen) atoms. The maximum absolute atomic E-state index is 12.9. The molecule has 0 bridgehead atoms. The van der Waals surface area contributed by atoms with Gasteiger partial charge in [0, 0.05) is 11.1 Å². The molecule has 0 saturated carbocycles. The van der Waals surface area contributed by atoms with Crippen molar-refractivity contribution in [3.05, 3.63) is 35.1 Å². The highest BCUT2D eigenvalue weighted by atomic mass is 19.1. The summed E-state index contributed by atoms with van der Waals surface area (Å²) >= 11 is 0. The molecular formula is C9H8F2O3. The van der Waals surface area contributed by atoms with Gasteiger partial charge in [0.25, 0.3) is 0 Å². The fourth-order valence-electron chi connectivity index (χ4n) is 1.11. The number of hydrogen-bond acceptors (Lipinski definition) is 2. The predicted molar refractivity (Wildman–Crippen MR) is 43.8 cm³/mol. The van der Waals surface area contributed by atoms with Gasteiger partial charge in [-0.3, -0.25) is 0 Å². The number of carbonyl (C=O) groups is 1. The van der Waals surface area contributed by atoms with Gasteiger partial charge in [-0.15, -0.1) is 0 Å². The van der Waals surface area contributed by atoms with Crippen LogP contribution in [0.4, 0.5) is 8.78 Å². The fourth-order valence-corrected chi connectivity index (χ4v) is 1.11. The molecule has 0 aliphatic carbocycles. The van der Waals surface area contributed by atoms with Crippen LogP contribution in [0.15, 0.2) is 18.2 Å². The summed E-state index contributed by atoms with van der Waals surface area (Å²) in [6.45, 7) is -1.15. The Morgan fingerprint density at radius 3 is 2.64 bits per heavy atom. The third-order valence-electron chi connectivity index (χ3n) is 1.82. The third kappa shape index (κ3) is 1.88. The average molecular weight is 202 g/mol. The molecule has 5 heteroatoms. The van der Waals surface area contributed by atoms with Crippen LogP contribution < -0.4 is 0 Å². The maximum atomic E-state index is 12.9. The molecule has 0 fully saturated rings. The summed E-state index contributed by atoms with van der Waals surface area (Å²) in [5, 5.41) is 17.6. The molecule has 0 heterocycles. The molecule has 1 atom stereocenters. The Kier molecular flexibility index (Phi) is 3.14. The van der Waals surface area contributed by atoms with E-state index >= 15 is 0 Å². The van der Waals surface area contributed by atoms with Gasteiger partial charge in [-0.1, -0.05) is 12.1 Å². The summed E-state index contributed by atoms with van der Waals surface area (Å²) in [5.74, 6) is -2.39. The van der Waals surface area contributed by atoms with E-state index in [1.807, 2.05) is 0 Å². The van der Waals surface area contributed by atoms with Crippen molar-refractivity contribution in [1.29, 1.82) is 0 Å². The Labute approximate surface area is 78.6 Å². The molecule has 0 radical (unpaired) electrons. The van der Waals surface area contributed by atoms with Gasteiger partial charge >= 0.3 is 5.97 Å². The number of hydrogen-bond donors (Lipinski definition) is 2. The number of carboxylic acids is 1. The lowest BCUT2D eigenvalue weighted by molar-refractivity contribution is -0.147. The maximum Gasteiger partial charge on any atom is 0.337 e. The second-order valence-corrected chi connectivity index (χ2v) is 2.68. The number of aliphatic hydroxyl groups excluding tert-OH is 1. The first-order valence-electron chi connectivity index (χ1n) is 3.82. The summed E-state index contributed by atoms with van der Waals surface area (Å²) in [7, 11) is 0. The van der Waals surface area contributed by atoms with Gasteiger partial charge in [0.1, 0.15) is 12.5 Å². The van der Waals surface area contributed by atoms with E-state index in [-0.39, 0.29) is 5.56 Å². The molecule has 0 spiro atoms. The summed E-state index contributed by atoms with van der Waals surface area (Å²) in [5.41, 5.74) is -0.664. The topological polar surface area (TPSA) is 57.5 Å². The molecular weight excluding hydrogens is 194 g/mol. The molecule has 2 N–H and O–H groups in total. The van der Waals surface area contributed by atoms with E-state index in [1.165, 1.54) is 12.1 Å². The first kappa shape index (κ1) is 10.6. The van der Waals surface area contributed by atoms with E-state index in [0.717, 1.165) is 6.07 Å². The van der Waals surface area contributed by atoms with E-state index in [4.69, 9.17) is 10.2 Å². The monoisotopic (exact) mass is 202 g/mol. The molecule has 0 aliphatic heterocycles. The molecule has 76 valence electrons. The minimum atomic E-state index is -1.89. The van der Waals surface area contributed by atoms with Crippen LogP contribution in [0.1, 0.15) is 17.2 Å². The first-order valence-corrected chi connectivity index (χ1v) is 3.82. The van der Waals surface area contributed by atoms with E-state index in [2.05, 4.69) is 0 Å². The lowest BCUT2D eigenvalue weighted by Crippen LogP contribution is -2.13. The van der Waals surface area contributed by atoms with Crippen molar-refractivity contribution in [1.82, 2.24) is 0 Å². The van der Waals surface area contributed by atoms with Crippen molar-refractivity contribution in [2.24, 2.45) is 0 Å². The number of alkyl halides is 1. The van der Waals surface area contributed by atoms with Crippen molar-refractivity contribution in [2.75, 3.05) is 0 Å². The van der Waals surface area contributed by atoms with Gasteiger partial charge in [-0.2, -0.15) is 0 Å². The second kappa shape index (κ2) is 4.15. The van der Waals surface area contributed by atoms with E-state index in [0.29, 0.717) is 0 Å². The smallest absolute Gasteiger partial charge is 0.337 e. The third-order valence-corrected chi connectivity index (χ3v) is 1.82. The Hall–Kier alpha value is -1.49. The zero-order valence-corrected chi connectivity index (χ0v) is 7.08. The minimum absolute atomic E-state index is 0.250. The zero-order valence-electron chi connectivity index (χ0n) is 7.08. The van der Waals surface area contributed by atoms with Crippen LogP contribution in [-0.4, -0.2) is 16.2 Å². The van der Waals surface area contributed by atoms with Crippen LogP contribution >= 0.6 is 0 Å². The van der Waals surface area contributed by atoms with Crippen LogP contribution in [0.3, 0.4) is 0 Å². The van der Waals surface area contributed by atoms with Crippen molar-refractivity contribution in [2.45, 2.75) is 12.8 Å². The molecule has 3 nitrogen and oxygen atoms in total. The van der Waals surface area contributed by atoms with Gasteiger partial charge in [0.15, 0.2) is 6.10 Å². The minimum Gasteiger partial charge on any atom is -0.479 e. The molecule has 1 rings (SSSR count). The Balaban J connectivity index is 3.20. The van der Waals surface area contributed by atoms with Gasteiger partial charge < -0.3 is 10.2 Å². The second-order valence-electron chi connectivity index (χ2n) is 2.68. The van der Waals surface area contributed by atoms with E-state index < -0.39 is 30.1 Å². The number of aliphatic hydroxyl groups is 1. The fraction of sp³-hybridized carbons (Fsp3) is 0.222. The van der Waals surface area contributed by atoms with Crippen molar-refractivity contribution in [3.8, 4) is 0 Å². The Morgan fingerprint density at radius 1 is 1.50 bits per heavy atom. The highest BCUT2D eigenvalue weighted by molar-refractivity contribution is 5.74.